The van der Waals surface area contributed by atoms with Crippen LogP contribution in [0.5, 0.6) is 11.5 Å². The lowest BCUT2D eigenvalue weighted by Gasteiger charge is -2.15. The molecule has 30 heavy (non-hydrogen) atoms. The van der Waals surface area contributed by atoms with Crippen LogP contribution in [0.1, 0.15) is 36.1 Å². The third-order valence-electron chi connectivity index (χ3n) is 4.70. The molecule has 0 spiro atoms. The van der Waals surface area contributed by atoms with Crippen LogP contribution >= 0.6 is 23.8 Å². The predicted octanol–water partition coefficient (Wildman–Crippen LogP) is 6.35. The molecule has 0 amide bonds. The minimum Gasteiger partial charge on any atom is -0.490 e. The number of aryl methyl sites for hydroxylation is 1. The Bertz CT molecular complexity index is 971. The van der Waals surface area contributed by atoms with Crippen LogP contribution in [-0.4, -0.2) is 11.6 Å². The van der Waals surface area contributed by atoms with Crippen molar-refractivity contribution in [3.8, 4) is 11.5 Å². The van der Waals surface area contributed by atoms with Gasteiger partial charge in [0.2, 0.25) is 0 Å². The van der Waals surface area contributed by atoms with Gasteiger partial charge in [0.15, 0.2) is 11.5 Å². The average Bonchev–Trinajstić information content (AvgIpc) is 2.78. The number of benzene rings is 3. The monoisotopic (exact) mass is 439 g/mol. The Kier molecular flexibility index (Phi) is 8.12. The molecule has 0 heterocycles. The van der Waals surface area contributed by atoms with Gasteiger partial charge in [-0.1, -0.05) is 67.1 Å². The van der Waals surface area contributed by atoms with Gasteiger partial charge in [0, 0.05) is 17.1 Å². The van der Waals surface area contributed by atoms with Crippen molar-refractivity contribution in [1.82, 2.24) is 5.32 Å². The fourth-order valence-corrected chi connectivity index (χ4v) is 3.28. The normalized spacial score (nSPS) is 10.5. The van der Waals surface area contributed by atoms with Crippen molar-refractivity contribution in [2.75, 3.05) is 6.61 Å². The molecule has 0 aromatic heterocycles. The highest BCUT2D eigenvalue weighted by Crippen LogP contribution is 2.29. The number of hydrogen-bond acceptors (Lipinski definition) is 3. The lowest BCUT2D eigenvalue weighted by Crippen LogP contribution is -2.21. The van der Waals surface area contributed by atoms with Crippen molar-refractivity contribution in [2.24, 2.45) is 0 Å². The van der Waals surface area contributed by atoms with Crippen molar-refractivity contribution >= 4 is 28.8 Å². The maximum absolute atomic E-state index is 5.97. The fraction of sp³-hybridized carbons (Fsp3) is 0.240. The highest BCUT2D eigenvalue weighted by atomic mass is 35.5. The van der Waals surface area contributed by atoms with Crippen molar-refractivity contribution < 1.29 is 9.47 Å². The van der Waals surface area contributed by atoms with Crippen LogP contribution < -0.4 is 14.8 Å². The molecule has 156 valence electrons. The molecule has 0 aliphatic heterocycles. The maximum atomic E-state index is 5.97. The zero-order chi connectivity index (χ0) is 21.3. The van der Waals surface area contributed by atoms with Crippen LogP contribution in [0.3, 0.4) is 0 Å². The Morgan fingerprint density at radius 2 is 1.50 bits per heavy atom. The number of ether oxygens (including phenoxy) is 2. The van der Waals surface area contributed by atoms with Gasteiger partial charge in [-0.3, -0.25) is 0 Å². The molecule has 1 N–H and O–H groups in total. The van der Waals surface area contributed by atoms with Crippen LogP contribution in [0, 0.1) is 0 Å². The summed E-state index contributed by atoms with van der Waals surface area (Å²) in [6.45, 7) is 5.77. The summed E-state index contributed by atoms with van der Waals surface area (Å²) < 4.78 is 11.8. The summed E-state index contributed by atoms with van der Waals surface area (Å²) in [6.07, 6.45) is 1.04. The van der Waals surface area contributed by atoms with Crippen LogP contribution in [0.2, 0.25) is 5.02 Å². The van der Waals surface area contributed by atoms with Gasteiger partial charge < -0.3 is 14.8 Å². The van der Waals surface area contributed by atoms with E-state index >= 15 is 0 Å². The van der Waals surface area contributed by atoms with Gasteiger partial charge in [-0.25, -0.2) is 0 Å². The number of hydrogen-bond donors (Lipinski definition) is 1. The first-order chi connectivity index (χ1) is 14.6. The molecule has 0 saturated carbocycles. The van der Waals surface area contributed by atoms with Gasteiger partial charge in [-0.05, 0) is 60.4 Å². The third kappa shape index (κ3) is 6.22. The van der Waals surface area contributed by atoms with E-state index in [0.717, 1.165) is 17.5 Å². The molecule has 0 radical (unpaired) electrons. The minimum atomic E-state index is 0.438. The molecule has 0 aliphatic carbocycles. The summed E-state index contributed by atoms with van der Waals surface area (Å²) >= 11 is 11.5. The summed E-state index contributed by atoms with van der Waals surface area (Å²) in [6, 6.07) is 22.0. The number of nitrogens with one attached hydrogen (secondary N) is 1. The summed E-state index contributed by atoms with van der Waals surface area (Å²) in [7, 11) is 0. The van der Waals surface area contributed by atoms with E-state index < -0.39 is 0 Å². The molecular weight excluding hydrogens is 414 g/mol. The summed E-state index contributed by atoms with van der Waals surface area (Å²) in [4.78, 5) is 0.680. The van der Waals surface area contributed by atoms with Gasteiger partial charge in [-0.15, -0.1) is 0 Å². The van der Waals surface area contributed by atoms with E-state index in [4.69, 9.17) is 33.3 Å². The second-order valence-electron chi connectivity index (χ2n) is 6.86. The molecule has 3 aromatic rings. The zero-order valence-electron chi connectivity index (χ0n) is 17.3. The number of halogens is 1. The number of rotatable bonds is 9. The van der Waals surface area contributed by atoms with Crippen LogP contribution in [0.4, 0.5) is 0 Å². The molecule has 0 saturated heterocycles. The lowest BCUT2D eigenvalue weighted by molar-refractivity contribution is 0.269. The largest absolute Gasteiger partial charge is 0.490 e. The van der Waals surface area contributed by atoms with E-state index in [1.807, 2.05) is 49.4 Å². The van der Waals surface area contributed by atoms with Crippen molar-refractivity contribution in [3.05, 3.63) is 94.0 Å². The highest BCUT2D eigenvalue weighted by molar-refractivity contribution is 7.80. The van der Waals surface area contributed by atoms with Gasteiger partial charge in [0.25, 0.3) is 0 Å². The summed E-state index contributed by atoms with van der Waals surface area (Å²) in [5.41, 5.74) is 4.47. The molecule has 0 atom stereocenters. The van der Waals surface area contributed by atoms with Crippen molar-refractivity contribution in [1.29, 1.82) is 0 Å². The molecule has 0 fully saturated rings. The average molecular weight is 440 g/mol. The highest BCUT2D eigenvalue weighted by Gasteiger charge is 2.10. The number of thiocarbonyl (C=S) groups is 1. The molecular formula is C25H26ClNO2S. The van der Waals surface area contributed by atoms with E-state index in [1.165, 1.54) is 11.1 Å². The first-order valence-corrected chi connectivity index (χ1v) is 10.9. The fourth-order valence-electron chi connectivity index (χ4n) is 2.96. The first kappa shape index (κ1) is 22.1. The van der Waals surface area contributed by atoms with E-state index in [0.29, 0.717) is 41.3 Å². The molecule has 0 aliphatic rings. The van der Waals surface area contributed by atoms with E-state index in [9.17, 15) is 0 Å². The van der Waals surface area contributed by atoms with Crippen LogP contribution in [0.25, 0.3) is 0 Å². The van der Waals surface area contributed by atoms with Crippen molar-refractivity contribution in [2.45, 2.75) is 33.4 Å². The second-order valence-corrected chi connectivity index (χ2v) is 7.71. The Morgan fingerprint density at radius 3 is 2.17 bits per heavy atom. The van der Waals surface area contributed by atoms with Gasteiger partial charge in [-0.2, -0.15) is 0 Å². The quantitative estimate of drug-likeness (QED) is 0.394. The van der Waals surface area contributed by atoms with Crippen LogP contribution in [0.15, 0.2) is 66.7 Å². The predicted molar refractivity (Wildman–Crippen MR) is 128 cm³/mol. The summed E-state index contributed by atoms with van der Waals surface area (Å²) in [5, 5.41) is 4.04. The van der Waals surface area contributed by atoms with Gasteiger partial charge >= 0.3 is 0 Å². The SMILES string of the molecule is CCOc1cc(C(=S)NCc2ccc(CC)cc2)ccc1OCc1ccc(Cl)cc1. The molecule has 3 rings (SSSR count). The molecule has 0 unspecified atom stereocenters. The van der Waals surface area contributed by atoms with Gasteiger partial charge in [0.1, 0.15) is 11.6 Å². The molecule has 3 aromatic carbocycles. The summed E-state index contributed by atoms with van der Waals surface area (Å²) in [5.74, 6) is 1.37. The Hall–Kier alpha value is -2.56. The van der Waals surface area contributed by atoms with Crippen molar-refractivity contribution in [3.63, 3.8) is 0 Å². The van der Waals surface area contributed by atoms with Gasteiger partial charge in [0.05, 0.1) is 6.61 Å². The smallest absolute Gasteiger partial charge is 0.161 e. The maximum Gasteiger partial charge on any atom is 0.161 e. The van der Waals surface area contributed by atoms with E-state index in [-0.39, 0.29) is 0 Å². The zero-order valence-corrected chi connectivity index (χ0v) is 18.9. The first-order valence-electron chi connectivity index (χ1n) is 10.1. The third-order valence-corrected chi connectivity index (χ3v) is 5.33. The standard InChI is InChI=1S/C25H26ClNO2S/c1-3-18-5-7-19(8-6-18)16-27-25(30)21-11-14-23(24(15-21)28-4-2)29-17-20-9-12-22(26)13-10-20/h5-15H,3-4,16-17H2,1-2H3,(H,27,30). The van der Waals surface area contributed by atoms with Crippen LogP contribution in [-0.2, 0) is 19.6 Å². The Morgan fingerprint density at radius 1 is 0.833 bits per heavy atom. The van der Waals surface area contributed by atoms with E-state index in [2.05, 4.69) is 36.5 Å². The van der Waals surface area contributed by atoms with E-state index in [1.54, 1.807) is 0 Å². The molecule has 0 bridgehead atoms. The second kappa shape index (κ2) is 11.0. The molecule has 3 nitrogen and oxygen atoms in total. The minimum absolute atomic E-state index is 0.438. The Balaban J connectivity index is 1.64. The Labute approximate surface area is 189 Å². The topological polar surface area (TPSA) is 30.5 Å². The lowest BCUT2D eigenvalue weighted by atomic mass is 10.1. The molecule has 5 heteroatoms.